The Morgan fingerprint density at radius 2 is 0.879 bits per heavy atom. The minimum Gasteiger partial charge on any atom is -0.479 e. The van der Waals surface area contributed by atoms with Gasteiger partial charge in [0.15, 0.2) is 17.7 Å². The van der Waals surface area contributed by atoms with Gasteiger partial charge >= 0.3 is 5.97 Å². The second kappa shape index (κ2) is 36.9. The summed E-state index contributed by atoms with van der Waals surface area (Å²) in [5.74, 6) is -6.16. The van der Waals surface area contributed by atoms with E-state index in [1.54, 1.807) is 93.6 Å². The summed E-state index contributed by atoms with van der Waals surface area (Å²) in [6.07, 6.45) is -7.68. The Morgan fingerprint density at radius 3 is 1.23 bits per heavy atom. The number of carbonyl (C=O) groups excluding carboxylic acids is 4. The number of Topliss-reactive ketones (excluding diaryl/α,β-unsaturated/α-hetero) is 2. The molecule has 2 saturated heterocycles. The van der Waals surface area contributed by atoms with E-state index in [2.05, 4.69) is 10.6 Å². The average molecular weight is 2340 g/mol. The van der Waals surface area contributed by atoms with Crippen molar-refractivity contribution in [3.05, 3.63) is 166 Å². The van der Waals surface area contributed by atoms with Gasteiger partial charge in [0.2, 0.25) is 0 Å². The van der Waals surface area contributed by atoms with Gasteiger partial charge in [0.1, 0.15) is 35.6 Å². The molecular formula is C82H110Ac4N2O19. The van der Waals surface area contributed by atoms with Crippen LogP contribution in [0.3, 0.4) is 0 Å². The molecule has 0 aromatic heterocycles. The predicted octanol–water partition coefficient (Wildman–Crippen LogP) is 9.51. The molecule has 23 atom stereocenters. The number of carboxylic acid groups (broad SMARTS) is 1. The molecule has 4 bridgehead atoms. The molecule has 25 heteroatoms. The second-order valence-electron chi connectivity index (χ2n) is 32.9. The van der Waals surface area contributed by atoms with Crippen molar-refractivity contribution >= 4 is 29.4 Å². The molecule has 4 saturated carbocycles. The summed E-state index contributed by atoms with van der Waals surface area (Å²) in [4.78, 5) is 71.9. The number of ether oxygens (including phenoxy) is 4. The van der Waals surface area contributed by atoms with E-state index in [1.165, 1.54) is 0 Å². The average Bonchev–Trinajstić information content (AvgIpc) is 0.681. The van der Waals surface area contributed by atoms with Gasteiger partial charge in [-0.1, -0.05) is 172 Å². The van der Waals surface area contributed by atoms with Crippen molar-refractivity contribution in [1.29, 1.82) is 0 Å². The number of amides is 2. The number of hydrogen-bond acceptors (Lipinski definition) is 18. The van der Waals surface area contributed by atoms with Crippen LogP contribution in [0.4, 0.5) is 0 Å². The largest absolute Gasteiger partial charge is 0.479 e. The summed E-state index contributed by atoms with van der Waals surface area (Å²) < 4.78 is 23.6. The molecule has 0 spiro atoms. The zero-order valence-electron chi connectivity index (χ0n) is 64.7. The summed E-state index contributed by atoms with van der Waals surface area (Å²) in [5.41, 5.74) is -5.56. The molecular weight excluding hydrogens is 2220 g/mol. The Balaban J connectivity index is 0.000000271. The fraction of sp³-hybridized carbons (Fsp3) is 0.598. The van der Waals surface area contributed by atoms with Crippen molar-refractivity contribution in [2.75, 3.05) is 13.2 Å². The SMILES string of the molecule is CC(C)OC(C(=O)O)C(NC(=O)c1ccccc1)c1ccccc1.CC1=C2C(O)C(=O)[C@@]3(C)C(C(C)C(O)(CC1O)C2(C)C)[C@]1(O)COC1C[C@@H]3C.CC1=C2C(O)C(=O)[C@@]3(C)C(C(C)C(O)(CC1[C@H](OO)C(OC(C)C)C(NC(=O)c1ccccc1)c1ccccc1)C2(C)C)[C@]1(O)COC1C[C@@H]3C.[Ac].[Ac].[Ac].[Ac]. The topological polar surface area (TPSA) is 338 Å². The normalized spacial score (nSPS) is 35.5. The third-order valence-corrected chi connectivity index (χ3v) is 26.3. The van der Waals surface area contributed by atoms with Crippen LogP contribution in [0.25, 0.3) is 0 Å². The molecule has 574 valence electrons. The minimum atomic E-state index is -1.61. The zero-order valence-corrected chi connectivity index (χ0v) is 83.7. The first-order valence-electron chi connectivity index (χ1n) is 36.5. The smallest absolute Gasteiger partial charge is 0.335 e. The van der Waals surface area contributed by atoms with Crippen LogP contribution in [0.1, 0.15) is 180 Å². The number of fused-ring (bicyclic) bond motifs is 10. The standard InChI is InChI=1S/C41H55NO9.C22H34O6.C19H21NO4.4Ac/c1-22(2)50-34(31(26-15-11-9-12-16-26)42-37(45)27-17-13-10-14-18-27)33(51-48)28-20-41(47)25(5)35-39(8,23(3)19-29-40(35,46)21-49-29)36(44)32(43)30(24(28)4)38(41,6)7;1-10-7-14-21(26,9-28-14)17-12(3)22(27)8-13(23)11(2)15(19(22,4)5)16(24)18(25)20(10,17)6;1-13(2)24-17(19(22)23)16(14-9-5-3-6-10-14)20-18(21)15-11-7-4-8-12-15;;;;/h9-18,22-23,25,28-29,31-35,43,46-48H,19-21H2,1-8H3,(H,42,45);10,12-14,16-17,23-24,26-27H,7-9H2,1-6H3;3-13,16-17H,1-2H3,(H,20,21)(H,22,23);;;;/t23-,25?,28?,29?,31?,32?,33-,34?,35?,39+,40-,41?;10-,12?,13?,14?,16?,17?,20+,21-,22?;;;;;/m00...../s1. The van der Waals surface area contributed by atoms with Crippen molar-refractivity contribution in [2.45, 2.75) is 232 Å². The number of aliphatic hydroxyl groups is 7. The van der Waals surface area contributed by atoms with Gasteiger partial charge in [0.25, 0.3) is 11.8 Å². The number of ketones is 2. The molecule has 6 aliphatic carbocycles. The number of aliphatic carboxylic acids is 1. The van der Waals surface area contributed by atoms with Gasteiger partial charge in [-0.25, -0.2) is 9.68 Å². The van der Waals surface area contributed by atoms with Crippen LogP contribution in [0.15, 0.2) is 144 Å². The molecule has 21 nitrogen and oxygen atoms in total. The number of nitrogens with one attached hydrogen (secondary N) is 2. The van der Waals surface area contributed by atoms with E-state index in [0.29, 0.717) is 57.4 Å². The first kappa shape index (κ1) is 95.2. The maximum atomic E-state index is 14.8. The molecule has 4 aromatic carbocycles. The Kier molecular flexibility index (Phi) is 32.8. The summed E-state index contributed by atoms with van der Waals surface area (Å²) in [6.45, 7) is 29.6. The van der Waals surface area contributed by atoms with Gasteiger partial charge in [-0.05, 0) is 137 Å². The maximum Gasteiger partial charge on any atom is 0.335 e. The van der Waals surface area contributed by atoms with Crippen molar-refractivity contribution in [3.8, 4) is 0 Å². The van der Waals surface area contributed by atoms with Crippen molar-refractivity contribution in [2.24, 2.45) is 63.1 Å². The van der Waals surface area contributed by atoms with Crippen LogP contribution in [0.5, 0.6) is 0 Å². The zero-order chi connectivity index (χ0) is 75.8. The summed E-state index contributed by atoms with van der Waals surface area (Å²) >= 11 is 0. The Bertz CT molecular complexity index is 3840. The molecule has 107 heavy (non-hydrogen) atoms. The minimum absolute atomic E-state index is 0. The summed E-state index contributed by atoms with van der Waals surface area (Å²) in [5, 5.41) is 110. The van der Waals surface area contributed by atoms with Gasteiger partial charge in [0, 0.05) is 233 Å². The monoisotopic (exact) mass is 2330 g/mol. The van der Waals surface area contributed by atoms with Crippen LogP contribution in [0, 0.1) is 239 Å². The molecule has 2 aliphatic heterocycles. The molecule has 16 unspecified atom stereocenters. The van der Waals surface area contributed by atoms with Crippen molar-refractivity contribution in [1.82, 2.24) is 10.6 Å². The van der Waals surface area contributed by atoms with Gasteiger partial charge in [-0.2, -0.15) is 0 Å². The Hall–Kier alpha value is -0.644. The molecule has 2 amide bonds. The van der Waals surface area contributed by atoms with Gasteiger partial charge in [-0.3, -0.25) is 24.4 Å². The van der Waals surface area contributed by atoms with E-state index in [9.17, 15) is 70.1 Å². The van der Waals surface area contributed by atoms with E-state index in [4.69, 9.17) is 23.8 Å². The number of hydrogen-bond donors (Lipinski definition) is 11. The van der Waals surface area contributed by atoms with Gasteiger partial charge in [-0.15, -0.1) is 0 Å². The first-order chi connectivity index (χ1) is 48.2. The van der Waals surface area contributed by atoms with Crippen molar-refractivity contribution in [3.63, 3.8) is 0 Å². The van der Waals surface area contributed by atoms with E-state index < -0.39 is 140 Å². The molecule has 4 radical (unpaired) electrons. The van der Waals surface area contributed by atoms with E-state index in [0.717, 1.165) is 0 Å². The number of carboxylic acids is 1. The number of carbonyl (C=O) groups is 5. The Labute approximate surface area is 773 Å². The van der Waals surface area contributed by atoms with Crippen LogP contribution in [-0.2, 0) is 38.2 Å². The fourth-order valence-corrected chi connectivity index (χ4v) is 20.2. The van der Waals surface area contributed by atoms with Crippen LogP contribution in [-0.4, -0.2) is 172 Å². The summed E-state index contributed by atoms with van der Waals surface area (Å²) in [6, 6.07) is 34.1. The van der Waals surface area contributed by atoms with Crippen LogP contribution in [0.2, 0.25) is 0 Å². The number of rotatable bonds is 16. The van der Waals surface area contributed by atoms with E-state index in [1.807, 2.05) is 139 Å². The quantitative estimate of drug-likeness (QED) is 0.0282. The van der Waals surface area contributed by atoms with Crippen LogP contribution < -0.4 is 10.6 Å². The first-order valence-corrected chi connectivity index (χ1v) is 36.5. The molecule has 6 fully saturated rings. The molecule has 12 rings (SSSR count). The van der Waals surface area contributed by atoms with E-state index in [-0.39, 0.29) is 250 Å². The van der Waals surface area contributed by atoms with Gasteiger partial charge in [0.05, 0.1) is 67.0 Å². The maximum absolute atomic E-state index is 14.8. The van der Waals surface area contributed by atoms with Crippen LogP contribution >= 0.6 is 0 Å². The molecule has 11 N–H and O–H groups in total. The molecule has 4 aromatic rings. The number of benzene rings is 4. The predicted molar refractivity (Wildman–Crippen MR) is 383 cm³/mol. The fourth-order valence-electron chi connectivity index (χ4n) is 20.2. The second-order valence-corrected chi connectivity index (χ2v) is 32.9. The van der Waals surface area contributed by atoms with Gasteiger partial charge < -0.3 is 70.4 Å². The Morgan fingerprint density at radius 1 is 0.523 bits per heavy atom. The van der Waals surface area contributed by atoms with Crippen molar-refractivity contribution < 1.29 is 270 Å². The van der Waals surface area contributed by atoms with E-state index >= 15 is 0 Å². The number of aliphatic hydroxyl groups excluding tert-OH is 3. The summed E-state index contributed by atoms with van der Waals surface area (Å²) in [7, 11) is 0. The molecule has 8 aliphatic rings. The third-order valence-electron chi connectivity index (χ3n) is 26.3. The molecule has 2 heterocycles. The third kappa shape index (κ3) is 17.0.